The molecule has 0 heterocycles. The van der Waals surface area contributed by atoms with Gasteiger partial charge in [-0.15, -0.1) is 0 Å². The Labute approximate surface area is 162 Å². The first-order chi connectivity index (χ1) is 12.1. The second-order valence-electron chi connectivity index (χ2n) is 5.19. The molecule has 1 amide bonds. The van der Waals surface area contributed by atoms with Gasteiger partial charge in [0, 0.05) is 18.0 Å². The van der Waals surface area contributed by atoms with E-state index >= 15 is 0 Å². The van der Waals surface area contributed by atoms with Crippen molar-refractivity contribution in [2.45, 2.75) is 13.8 Å². The highest BCUT2D eigenvalue weighted by Gasteiger charge is 2.21. The summed E-state index contributed by atoms with van der Waals surface area (Å²) in [4.78, 5) is 34.1. The molecule has 0 aliphatic heterocycles. The highest BCUT2D eigenvalue weighted by molar-refractivity contribution is 6.37. The summed E-state index contributed by atoms with van der Waals surface area (Å²) in [7, 11) is 0. The molecular formula is C16H11Cl3N2O5. The molecule has 26 heavy (non-hydrogen) atoms. The van der Waals surface area contributed by atoms with Crippen LogP contribution in [0.25, 0.3) is 0 Å². The van der Waals surface area contributed by atoms with Gasteiger partial charge in [0.05, 0.1) is 21.2 Å². The lowest BCUT2D eigenvalue weighted by atomic mass is 10.1. The number of hydrogen-bond donors (Lipinski definition) is 1. The molecule has 0 aromatic heterocycles. The van der Waals surface area contributed by atoms with E-state index in [0.29, 0.717) is 5.56 Å². The monoisotopic (exact) mass is 416 g/mol. The number of carbonyl (C=O) groups is 2. The Morgan fingerprint density at radius 1 is 1.12 bits per heavy atom. The van der Waals surface area contributed by atoms with E-state index in [2.05, 4.69) is 5.32 Å². The first kappa shape index (κ1) is 20.0. The third-order valence-electron chi connectivity index (χ3n) is 3.21. The molecule has 0 radical (unpaired) electrons. The number of nitro benzene ring substituents is 1. The van der Waals surface area contributed by atoms with Crippen LogP contribution in [0.15, 0.2) is 24.3 Å². The Kier molecular flexibility index (Phi) is 6.07. The fourth-order valence-electron chi connectivity index (χ4n) is 2.14. The van der Waals surface area contributed by atoms with Gasteiger partial charge in [-0.3, -0.25) is 19.7 Å². The summed E-state index contributed by atoms with van der Waals surface area (Å²) in [6.07, 6.45) is 0. The zero-order valence-electron chi connectivity index (χ0n) is 13.4. The van der Waals surface area contributed by atoms with Crippen molar-refractivity contribution in [2.75, 3.05) is 5.32 Å². The van der Waals surface area contributed by atoms with Crippen molar-refractivity contribution in [1.29, 1.82) is 0 Å². The molecule has 0 aliphatic carbocycles. The predicted octanol–water partition coefficient (Wildman–Crippen LogP) is 5.04. The number of ether oxygens (including phenoxy) is 1. The zero-order chi connectivity index (χ0) is 19.6. The molecule has 136 valence electrons. The van der Waals surface area contributed by atoms with Crippen LogP contribution in [-0.4, -0.2) is 16.8 Å². The van der Waals surface area contributed by atoms with Gasteiger partial charge in [-0.2, -0.15) is 0 Å². The summed E-state index contributed by atoms with van der Waals surface area (Å²) >= 11 is 17.8. The average molecular weight is 418 g/mol. The third-order valence-corrected chi connectivity index (χ3v) is 4.04. The maximum absolute atomic E-state index is 12.6. The van der Waals surface area contributed by atoms with E-state index < -0.39 is 22.5 Å². The van der Waals surface area contributed by atoms with Gasteiger partial charge >= 0.3 is 5.97 Å². The number of carbonyl (C=O) groups excluding carboxylic acids is 2. The van der Waals surface area contributed by atoms with Gasteiger partial charge in [0.1, 0.15) is 10.8 Å². The second kappa shape index (κ2) is 7.90. The number of aryl methyl sites for hydroxylation is 1. The lowest BCUT2D eigenvalue weighted by Crippen LogP contribution is -2.16. The number of nitrogens with zero attached hydrogens (tertiary/aromatic N) is 1. The number of nitro groups is 1. The van der Waals surface area contributed by atoms with Crippen molar-refractivity contribution in [1.82, 2.24) is 0 Å². The molecule has 0 bridgehead atoms. The maximum Gasteiger partial charge on any atom is 0.308 e. The Balaban J connectivity index is 2.44. The molecule has 2 rings (SSSR count). The molecule has 0 unspecified atom stereocenters. The van der Waals surface area contributed by atoms with Crippen molar-refractivity contribution in [3.63, 3.8) is 0 Å². The van der Waals surface area contributed by atoms with Gasteiger partial charge in [-0.05, 0) is 30.7 Å². The normalized spacial score (nSPS) is 10.3. The van der Waals surface area contributed by atoms with E-state index in [1.54, 1.807) is 6.92 Å². The second-order valence-corrected chi connectivity index (χ2v) is 6.44. The fraction of sp³-hybridized carbons (Fsp3) is 0.125. The number of benzene rings is 2. The van der Waals surface area contributed by atoms with Crippen LogP contribution < -0.4 is 10.1 Å². The number of amides is 1. The van der Waals surface area contributed by atoms with E-state index in [9.17, 15) is 19.7 Å². The van der Waals surface area contributed by atoms with Gasteiger partial charge < -0.3 is 10.1 Å². The van der Waals surface area contributed by atoms with Gasteiger partial charge in [0.2, 0.25) is 0 Å². The zero-order valence-corrected chi connectivity index (χ0v) is 15.7. The Hall–Kier alpha value is -2.35. The van der Waals surface area contributed by atoms with E-state index in [1.807, 2.05) is 0 Å². The summed E-state index contributed by atoms with van der Waals surface area (Å²) in [6.45, 7) is 2.82. The minimum atomic E-state index is -0.695. The first-order valence-electron chi connectivity index (χ1n) is 7.03. The summed E-state index contributed by atoms with van der Waals surface area (Å²) in [6, 6.07) is 5.04. The molecule has 0 atom stereocenters. The van der Waals surface area contributed by atoms with Crippen molar-refractivity contribution in [2.24, 2.45) is 0 Å². The topological polar surface area (TPSA) is 98.5 Å². The first-order valence-corrected chi connectivity index (χ1v) is 8.17. The quantitative estimate of drug-likeness (QED) is 0.325. The Bertz CT molecular complexity index is 931. The number of hydrogen-bond acceptors (Lipinski definition) is 5. The molecule has 2 aromatic rings. The summed E-state index contributed by atoms with van der Waals surface area (Å²) in [5.74, 6) is -1.25. The molecule has 0 saturated carbocycles. The lowest BCUT2D eigenvalue weighted by Gasteiger charge is -2.13. The molecular weight excluding hydrogens is 407 g/mol. The predicted molar refractivity (Wildman–Crippen MR) is 98.6 cm³/mol. The van der Waals surface area contributed by atoms with Crippen molar-refractivity contribution in [3.05, 3.63) is 60.6 Å². The number of nitrogens with one attached hydrogen (secondary N) is 1. The van der Waals surface area contributed by atoms with Crippen LogP contribution in [0.4, 0.5) is 11.4 Å². The third kappa shape index (κ3) is 4.43. The van der Waals surface area contributed by atoms with E-state index in [4.69, 9.17) is 39.5 Å². The van der Waals surface area contributed by atoms with Crippen LogP contribution in [0, 0.1) is 17.0 Å². The number of esters is 1. The lowest BCUT2D eigenvalue weighted by molar-refractivity contribution is -0.384. The van der Waals surface area contributed by atoms with E-state index in [1.165, 1.54) is 19.1 Å². The Morgan fingerprint density at radius 3 is 2.35 bits per heavy atom. The number of halogens is 3. The van der Waals surface area contributed by atoms with Crippen molar-refractivity contribution >= 4 is 58.1 Å². The molecule has 1 N–H and O–H groups in total. The highest BCUT2D eigenvalue weighted by atomic mass is 35.5. The smallest absolute Gasteiger partial charge is 0.308 e. The van der Waals surface area contributed by atoms with Gasteiger partial charge in [0.25, 0.3) is 11.6 Å². The molecule has 2 aromatic carbocycles. The SMILES string of the molecule is CC(=O)Oc1c(C)cc(Cl)cc1C(=O)Nc1cc(Cl)c([N+](=O)[O-])cc1Cl. The van der Waals surface area contributed by atoms with E-state index in [-0.39, 0.29) is 32.1 Å². The van der Waals surface area contributed by atoms with Gasteiger partial charge in [-0.25, -0.2) is 0 Å². The minimum Gasteiger partial charge on any atom is -0.426 e. The molecule has 0 saturated heterocycles. The largest absolute Gasteiger partial charge is 0.426 e. The standard InChI is InChI=1S/C16H11Cl3N2O5/c1-7-3-9(17)4-10(15(7)26-8(2)22)16(23)20-13-5-12(19)14(21(24)25)6-11(13)18/h3-6H,1-2H3,(H,20,23). The highest BCUT2D eigenvalue weighted by Crippen LogP contribution is 2.35. The van der Waals surface area contributed by atoms with Crippen LogP contribution in [0.3, 0.4) is 0 Å². The van der Waals surface area contributed by atoms with Gasteiger partial charge in [0.15, 0.2) is 0 Å². The maximum atomic E-state index is 12.6. The van der Waals surface area contributed by atoms with E-state index in [0.717, 1.165) is 12.1 Å². The van der Waals surface area contributed by atoms with Crippen LogP contribution in [0.2, 0.25) is 15.1 Å². The average Bonchev–Trinajstić information content (AvgIpc) is 2.52. The molecule has 0 fully saturated rings. The van der Waals surface area contributed by atoms with Gasteiger partial charge in [-0.1, -0.05) is 34.8 Å². The van der Waals surface area contributed by atoms with Crippen LogP contribution in [0.5, 0.6) is 5.75 Å². The molecule has 0 spiro atoms. The number of rotatable bonds is 4. The van der Waals surface area contributed by atoms with Crippen LogP contribution >= 0.6 is 34.8 Å². The molecule has 7 nitrogen and oxygen atoms in total. The summed E-state index contributed by atoms with van der Waals surface area (Å²) in [5.41, 5.74) is 0.133. The van der Waals surface area contributed by atoms with Crippen molar-refractivity contribution < 1.29 is 19.2 Å². The molecule has 0 aliphatic rings. The number of anilines is 1. The van der Waals surface area contributed by atoms with Crippen LogP contribution in [0.1, 0.15) is 22.8 Å². The molecule has 10 heteroatoms. The fourth-order valence-corrected chi connectivity index (χ4v) is 2.85. The summed E-state index contributed by atoms with van der Waals surface area (Å²) in [5, 5.41) is 13.3. The minimum absolute atomic E-state index is 0.00394. The summed E-state index contributed by atoms with van der Waals surface area (Å²) < 4.78 is 5.09. The van der Waals surface area contributed by atoms with Crippen LogP contribution in [-0.2, 0) is 4.79 Å². The van der Waals surface area contributed by atoms with Crippen molar-refractivity contribution in [3.8, 4) is 5.75 Å². The Morgan fingerprint density at radius 2 is 1.77 bits per heavy atom.